The Hall–Kier alpha value is -1.03. The summed E-state index contributed by atoms with van der Waals surface area (Å²) in [6.07, 6.45) is -0.437. The average Bonchev–Trinajstić information content (AvgIpc) is 2.10. The average molecular weight is 215 g/mol. The molecular weight excluding hydrogens is 194 g/mol. The monoisotopic (exact) mass is 215 g/mol. The third-order valence-corrected chi connectivity index (χ3v) is 1.86. The molecule has 1 amide bonds. The fourth-order valence-electron chi connectivity index (χ4n) is 0.805. The molecule has 4 heteroatoms. The quantitative estimate of drug-likeness (QED) is 0.706. The summed E-state index contributed by atoms with van der Waals surface area (Å²) < 4.78 is 5.07. The Morgan fingerprint density at radius 3 is 2.20 bits per heavy atom. The van der Waals surface area contributed by atoms with Crippen LogP contribution in [0.1, 0.15) is 34.6 Å². The van der Waals surface area contributed by atoms with Crippen molar-refractivity contribution < 1.29 is 14.6 Å². The van der Waals surface area contributed by atoms with Crippen molar-refractivity contribution in [2.24, 2.45) is 0 Å². The van der Waals surface area contributed by atoms with Gasteiger partial charge in [-0.3, -0.25) is 0 Å². The van der Waals surface area contributed by atoms with E-state index in [9.17, 15) is 4.79 Å². The number of nitrogens with one attached hydrogen (secondary N) is 1. The van der Waals surface area contributed by atoms with Crippen molar-refractivity contribution in [3.05, 3.63) is 11.1 Å². The van der Waals surface area contributed by atoms with Gasteiger partial charge in [0.05, 0.1) is 6.61 Å². The van der Waals surface area contributed by atoms with Crippen molar-refractivity contribution in [2.75, 3.05) is 13.2 Å². The van der Waals surface area contributed by atoms with Crippen LogP contribution in [0.4, 0.5) is 4.79 Å². The Bertz CT molecular complexity index is 251. The van der Waals surface area contributed by atoms with Gasteiger partial charge in [-0.2, -0.15) is 0 Å². The minimum absolute atomic E-state index is 0.0157. The summed E-state index contributed by atoms with van der Waals surface area (Å²) in [6, 6.07) is 0. The fraction of sp³-hybridized carbons (Fsp3) is 0.727. The zero-order chi connectivity index (χ0) is 12.1. The number of rotatable bonds is 3. The molecule has 0 fully saturated rings. The van der Waals surface area contributed by atoms with E-state index < -0.39 is 11.7 Å². The number of alkyl carbamates (subject to hydrolysis) is 1. The van der Waals surface area contributed by atoms with Crippen LogP contribution >= 0.6 is 0 Å². The minimum atomic E-state index is -0.478. The minimum Gasteiger partial charge on any atom is -0.444 e. The molecule has 0 saturated carbocycles. The maximum atomic E-state index is 11.3. The molecule has 88 valence electrons. The highest BCUT2D eigenvalue weighted by Gasteiger charge is 2.15. The first-order chi connectivity index (χ1) is 6.76. The Morgan fingerprint density at radius 1 is 1.27 bits per heavy atom. The van der Waals surface area contributed by atoms with E-state index >= 15 is 0 Å². The van der Waals surface area contributed by atoms with Gasteiger partial charge in [0.25, 0.3) is 0 Å². The van der Waals surface area contributed by atoms with Crippen molar-refractivity contribution >= 4 is 6.09 Å². The number of amides is 1. The molecule has 2 N–H and O–H groups in total. The summed E-state index contributed by atoms with van der Waals surface area (Å²) in [5.74, 6) is 0. The van der Waals surface area contributed by atoms with Gasteiger partial charge in [-0.25, -0.2) is 4.79 Å². The summed E-state index contributed by atoms with van der Waals surface area (Å²) in [5, 5.41) is 11.5. The molecular formula is C11H21NO3. The van der Waals surface area contributed by atoms with Crippen molar-refractivity contribution in [3.63, 3.8) is 0 Å². The van der Waals surface area contributed by atoms with Gasteiger partial charge in [0.1, 0.15) is 5.60 Å². The number of hydrogen-bond acceptors (Lipinski definition) is 3. The number of aliphatic hydroxyl groups is 1. The lowest BCUT2D eigenvalue weighted by Gasteiger charge is -2.20. The first-order valence-electron chi connectivity index (χ1n) is 4.99. The summed E-state index contributed by atoms with van der Waals surface area (Å²) in [4.78, 5) is 11.3. The van der Waals surface area contributed by atoms with E-state index in [1.165, 1.54) is 0 Å². The molecule has 15 heavy (non-hydrogen) atoms. The van der Waals surface area contributed by atoms with E-state index in [1.54, 1.807) is 0 Å². The second-order valence-electron chi connectivity index (χ2n) is 4.57. The van der Waals surface area contributed by atoms with Gasteiger partial charge in [-0.1, -0.05) is 5.57 Å². The van der Waals surface area contributed by atoms with E-state index in [0.29, 0.717) is 6.54 Å². The van der Waals surface area contributed by atoms with Crippen LogP contribution in [0, 0.1) is 0 Å². The first kappa shape index (κ1) is 14.0. The van der Waals surface area contributed by atoms with Crippen molar-refractivity contribution in [2.45, 2.75) is 40.2 Å². The zero-order valence-corrected chi connectivity index (χ0v) is 10.2. The van der Waals surface area contributed by atoms with Gasteiger partial charge in [-0.15, -0.1) is 0 Å². The third kappa shape index (κ3) is 6.96. The number of carbonyl (C=O) groups excluding carboxylic acids is 1. The van der Waals surface area contributed by atoms with Crippen LogP contribution in [0.15, 0.2) is 11.1 Å². The Labute approximate surface area is 91.3 Å². The number of carbonyl (C=O) groups is 1. The Balaban J connectivity index is 4.03. The van der Waals surface area contributed by atoms with Crippen LogP contribution in [-0.2, 0) is 4.74 Å². The number of ether oxygens (including phenoxy) is 1. The molecule has 0 atom stereocenters. The van der Waals surface area contributed by atoms with E-state index in [0.717, 1.165) is 11.1 Å². The Kier molecular flexibility index (Phi) is 5.36. The van der Waals surface area contributed by atoms with Crippen LogP contribution in [0.2, 0.25) is 0 Å². The molecule has 0 aliphatic rings. The SMILES string of the molecule is C/C(CO)=C(\C)CNC(=O)OC(C)(C)C. The second kappa shape index (κ2) is 5.75. The fourth-order valence-corrected chi connectivity index (χ4v) is 0.805. The lowest BCUT2D eigenvalue weighted by molar-refractivity contribution is 0.0532. The van der Waals surface area contributed by atoms with Gasteiger partial charge in [0.15, 0.2) is 0 Å². The van der Waals surface area contributed by atoms with Crippen molar-refractivity contribution in [1.82, 2.24) is 5.32 Å². The predicted molar refractivity (Wildman–Crippen MR) is 59.7 cm³/mol. The maximum Gasteiger partial charge on any atom is 0.407 e. The highest BCUT2D eigenvalue weighted by atomic mass is 16.6. The number of aliphatic hydroxyl groups excluding tert-OH is 1. The second-order valence-corrected chi connectivity index (χ2v) is 4.57. The lowest BCUT2D eigenvalue weighted by atomic mass is 10.1. The molecule has 0 aromatic heterocycles. The lowest BCUT2D eigenvalue weighted by Crippen LogP contribution is -2.33. The largest absolute Gasteiger partial charge is 0.444 e. The summed E-state index contributed by atoms with van der Waals surface area (Å²) in [7, 11) is 0. The molecule has 0 rings (SSSR count). The highest BCUT2D eigenvalue weighted by molar-refractivity contribution is 5.68. The van der Waals surface area contributed by atoms with Crippen molar-refractivity contribution in [1.29, 1.82) is 0 Å². The normalized spacial score (nSPS) is 13.2. The molecule has 0 aromatic rings. The van der Waals surface area contributed by atoms with E-state index in [-0.39, 0.29) is 6.61 Å². The zero-order valence-electron chi connectivity index (χ0n) is 10.2. The number of hydrogen-bond donors (Lipinski definition) is 2. The van der Waals surface area contributed by atoms with Gasteiger partial charge in [0.2, 0.25) is 0 Å². The standard InChI is InChI=1S/C11H21NO3/c1-8(9(2)7-13)6-12-10(14)15-11(3,4)5/h13H,6-7H2,1-5H3,(H,12,14)/b9-8-. The predicted octanol–water partition coefficient (Wildman–Crippen LogP) is 1.84. The summed E-state index contributed by atoms with van der Waals surface area (Å²) in [6.45, 7) is 9.55. The highest BCUT2D eigenvalue weighted by Crippen LogP contribution is 2.07. The first-order valence-corrected chi connectivity index (χ1v) is 4.99. The molecule has 0 aliphatic heterocycles. The van der Waals surface area contributed by atoms with Crippen LogP contribution in [0.3, 0.4) is 0 Å². The summed E-state index contributed by atoms with van der Waals surface area (Å²) in [5.41, 5.74) is 1.34. The van der Waals surface area contributed by atoms with Crippen LogP contribution in [0.5, 0.6) is 0 Å². The smallest absolute Gasteiger partial charge is 0.407 e. The Morgan fingerprint density at radius 2 is 1.80 bits per heavy atom. The molecule has 0 radical (unpaired) electrons. The topological polar surface area (TPSA) is 58.6 Å². The summed E-state index contributed by atoms with van der Waals surface area (Å²) >= 11 is 0. The molecule has 0 aromatic carbocycles. The van der Waals surface area contributed by atoms with Crippen molar-refractivity contribution in [3.8, 4) is 0 Å². The molecule has 4 nitrogen and oxygen atoms in total. The van der Waals surface area contributed by atoms with E-state index in [1.807, 2.05) is 34.6 Å². The molecule has 0 aliphatic carbocycles. The molecule has 0 bridgehead atoms. The molecule has 0 saturated heterocycles. The van der Waals surface area contributed by atoms with Gasteiger partial charge >= 0.3 is 6.09 Å². The van der Waals surface area contributed by atoms with Crippen LogP contribution in [0.25, 0.3) is 0 Å². The van der Waals surface area contributed by atoms with Crippen LogP contribution < -0.4 is 5.32 Å². The van der Waals surface area contributed by atoms with Crippen LogP contribution in [-0.4, -0.2) is 30.0 Å². The van der Waals surface area contributed by atoms with E-state index in [2.05, 4.69) is 5.32 Å². The molecule has 0 spiro atoms. The van der Waals surface area contributed by atoms with E-state index in [4.69, 9.17) is 9.84 Å². The van der Waals surface area contributed by atoms with Gasteiger partial charge < -0.3 is 15.2 Å². The third-order valence-electron chi connectivity index (χ3n) is 1.86. The maximum absolute atomic E-state index is 11.3. The molecule has 0 unspecified atom stereocenters. The van der Waals surface area contributed by atoms with Gasteiger partial charge in [0, 0.05) is 6.54 Å². The molecule has 0 heterocycles. The van der Waals surface area contributed by atoms with Gasteiger partial charge in [-0.05, 0) is 40.2 Å².